The fraction of sp³-hybridized carbons (Fsp3) is 0.200. The third-order valence-corrected chi connectivity index (χ3v) is 2.13. The molecule has 0 spiro atoms. The predicted octanol–water partition coefficient (Wildman–Crippen LogP) is 2.21. The molecule has 1 heterocycles. The molecule has 1 rings (SSSR count). The van der Waals surface area contributed by atoms with E-state index in [1.54, 1.807) is 31.2 Å². The normalized spacial score (nSPS) is 10.8. The number of ketones is 1. The zero-order valence-electron chi connectivity index (χ0n) is 7.95. The molecule has 0 aliphatic heterocycles. The van der Waals surface area contributed by atoms with E-state index in [2.05, 4.69) is 0 Å². The van der Waals surface area contributed by atoms with Crippen LogP contribution in [0.3, 0.4) is 0 Å². The lowest BCUT2D eigenvalue weighted by atomic mass is 10.2. The first-order valence-electron chi connectivity index (χ1n) is 4.13. The van der Waals surface area contributed by atoms with E-state index >= 15 is 0 Å². The van der Waals surface area contributed by atoms with Crippen LogP contribution in [0.15, 0.2) is 18.2 Å². The van der Waals surface area contributed by atoms with Crippen LogP contribution >= 0.6 is 11.6 Å². The lowest BCUT2D eigenvalue weighted by Gasteiger charge is -2.04. The maximum absolute atomic E-state index is 11.5. The molecule has 14 heavy (non-hydrogen) atoms. The minimum absolute atomic E-state index is 0.0758. The smallest absolute Gasteiger partial charge is 0.297 e. The summed E-state index contributed by atoms with van der Waals surface area (Å²) < 4.78 is 0.540. The number of hydrogen-bond acceptors (Lipinski definition) is 2. The predicted molar refractivity (Wildman–Crippen MR) is 55.1 cm³/mol. The number of pyridine rings is 1. The van der Waals surface area contributed by atoms with Gasteiger partial charge in [0.15, 0.2) is 5.78 Å². The Morgan fingerprint density at radius 2 is 2.21 bits per heavy atom. The Hall–Kier alpha value is -1.35. The number of nitrogens with zero attached hydrogens (tertiary/aromatic N) is 1. The first-order valence-corrected chi connectivity index (χ1v) is 4.51. The molecule has 0 amide bonds. The minimum Gasteiger partial charge on any atom is -0.617 e. The Kier molecular flexibility index (Phi) is 3.25. The second-order valence-electron chi connectivity index (χ2n) is 2.81. The Morgan fingerprint density at radius 1 is 1.57 bits per heavy atom. The number of carbonyl (C=O) groups is 1. The maximum Gasteiger partial charge on any atom is 0.297 e. The van der Waals surface area contributed by atoms with Crippen molar-refractivity contribution in [2.45, 2.75) is 13.8 Å². The van der Waals surface area contributed by atoms with Gasteiger partial charge in [0.05, 0.1) is 0 Å². The molecule has 0 saturated heterocycles. The van der Waals surface area contributed by atoms with Gasteiger partial charge in [-0.2, -0.15) is 4.73 Å². The Balaban J connectivity index is 3.33. The van der Waals surface area contributed by atoms with Gasteiger partial charge < -0.3 is 5.21 Å². The molecule has 0 aliphatic rings. The molecule has 0 bridgehead atoms. The van der Waals surface area contributed by atoms with Crippen molar-refractivity contribution < 1.29 is 9.52 Å². The maximum atomic E-state index is 11.5. The summed E-state index contributed by atoms with van der Waals surface area (Å²) in [7, 11) is 0. The van der Waals surface area contributed by atoms with Crippen LogP contribution in [0.4, 0.5) is 0 Å². The highest BCUT2D eigenvalue weighted by Gasteiger charge is 2.16. The van der Waals surface area contributed by atoms with E-state index in [0.717, 1.165) is 0 Å². The summed E-state index contributed by atoms with van der Waals surface area (Å²) >= 11 is 5.72. The van der Waals surface area contributed by atoms with Gasteiger partial charge in [-0.05, 0) is 31.5 Å². The number of halogens is 1. The summed E-state index contributed by atoms with van der Waals surface area (Å²) in [6.45, 7) is 3.17. The average molecular weight is 212 g/mol. The van der Waals surface area contributed by atoms with Crippen LogP contribution in [0.25, 0.3) is 6.08 Å². The van der Waals surface area contributed by atoms with E-state index in [0.29, 0.717) is 10.4 Å². The van der Waals surface area contributed by atoms with Crippen molar-refractivity contribution in [1.82, 2.24) is 0 Å². The highest BCUT2D eigenvalue weighted by molar-refractivity contribution is 6.31. The lowest BCUT2D eigenvalue weighted by Crippen LogP contribution is -2.33. The molecule has 0 N–H and O–H groups in total. The molecule has 1 aromatic rings. The van der Waals surface area contributed by atoms with Gasteiger partial charge in [0.2, 0.25) is 5.69 Å². The highest BCUT2D eigenvalue weighted by Crippen LogP contribution is 2.13. The summed E-state index contributed by atoms with van der Waals surface area (Å²) in [6, 6.07) is 3.12. The number of hydrogen-bond donors (Lipinski definition) is 0. The monoisotopic (exact) mass is 211 g/mol. The van der Waals surface area contributed by atoms with Crippen LogP contribution in [-0.2, 0) is 0 Å². The van der Waals surface area contributed by atoms with Gasteiger partial charge >= 0.3 is 0 Å². The fourth-order valence-electron chi connectivity index (χ4n) is 1.08. The van der Waals surface area contributed by atoms with Gasteiger partial charge in [-0.1, -0.05) is 6.08 Å². The summed E-state index contributed by atoms with van der Waals surface area (Å²) in [5, 5.41) is 11.4. The van der Waals surface area contributed by atoms with E-state index in [9.17, 15) is 10.0 Å². The van der Waals surface area contributed by atoms with E-state index < -0.39 is 0 Å². The summed E-state index contributed by atoms with van der Waals surface area (Å²) in [4.78, 5) is 11.0. The van der Waals surface area contributed by atoms with Crippen molar-refractivity contribution >= 4 is 23.5 Å². The van der Waals surface area contributed by atoms with Crippen LogP contribution < -0.4 is 4.73 Å². The van der Waals surface area contributed by atoms with Gasteiger partial charge in [-0.15, -0.1) is 0 Å². The van der Waals surface area contributed by atoms with E-state index in [4.69, 9.17) is 11.6 Å². The molecule has 0 aliphatic carbocycles. The summed E-state index contributed by atoms with van der Waals surface area (Å²) in [5.41, 5.74) is 0.664. The average Bonchev–Trinajstić information content (AvgIpc) is 2.13. The molecule has 0 unspecified atom stereocenters. The van der Waals surface area contributed by atoms with Crippen molar-refractivity contribution in [2.24, 2.45) is 0 Å². The minimum atomic E-state index is -0.216. The Labute approximate surface area is 87.2 Å². The van der Waals surface area contributed by atoms with Crippen molar-refractivity contribution in [3.63, 3.8) is 0 Å². The molecule has 1 aromatic heterocycles. The largest absolute Gasteiger partial charge is 0.617 e. The lowest BCUT2D eigenvalue weighted by molar-refractivity contribution is -0.605. The van der Waals surface area contributed by atoms with Crippen molar-refractivity contribution in [3.8, 4) is 0 Å². The van der Waals surface area contributed by atoms with E-state index in [1.165, 1.54) is 6.92 Å². The third kappa shape index (κ3) is 1.93. The number of rotatable bonds is 2. The Bertz CT molecular complexity index is 399. The van der Waals surface area contributed by atoms with Crippen molar-refractivity contribution in [3.05, 3.63) is 39.8 Å². The quantitative estimate of drug-likeness (QED) is 0.326. The van der Waals surface area contributed by atoms with Crippen LogP contribution in [0.5, 0.6) is 0 Å². The molecule has 0 fully saturated rings. The molecule has 0 radical (unpaired) electrons. The molecular formula is C10H10ClNO2. The van der Waals surface area contributed by atoms with Gasteiger partial charge in [0.25, 0.3) is 5.15 Å². The first-order chi connectivity index (χ1) is 6.57. The zero-order valence-corrected chi connectivity index (χ0v) is 8.71. The second-order valence-corrected chi connectivity index (χ2v) is 3.17. The van der Waals surface area contributed by atoms with Gasteiger partial charge in [-0.25, -0.2) is 0 Å². The van der Waals surface area contributed by atoms with Crippen LogP contribution in [0.1, 0.15) is 29.9 Å². The molecule has 74 valence electrons. The third-order valence-electron chi connectivity index (χ3n) is 1.77. The number of allylic oxidation sites excluding steroid dienone is 1. The Morgan fingerprint density at radius 3 is 2.71 bits per heavy atom. The summed E-state index contributed by atoms with van der Waals surface area (Å²) in [6.07, 6.45) is 3.36. The van der Waals surface area contributed by atoms with Gasteiger partial charge in [0, 0.05) is 12.1 Å². The molecule has 0 atom stereocenters. The zero-order chi connectivity index (χ0) is 10.7. The molecular weight excluding hydrogens is 202 g/mol. The standard InChI is InChI=1S/C10H10ClNO2/c1-3-4-8-5-6-9(7(2)13)10(11)12(8)14/h3-6H,1-2H3/b4-3+. The van der Waals surface area contributed by atoms with Gasteiger partial charge in [0.1, 0.15) is 5.56 Å². The fourth-order valence-corrected chi connectivity index (χ4v) is 1.38. The van der Waals surface area contributed by atoms with E-state index in [-0.39, 0.29) is 16.5 Å². The van der Waals surface area contributed by atoms with Crippen LogP contribution in [-0.4, -0.2) is 5.78 Å². The SMILES string of the molecule is C/C=C/c1ccc(C(C)=O)c(Cl)[n+]1[O-]. The first kappa shape index (κ1) is 10.7. The van der Waals surface area contributed by atoms with Crippen LogP contribution in [0, 0.1) is 5.21 Å². The number of carbonyl (C=O) groups excluding carboxylic acids is 1. The summed E-state index contributed by atoms with van der Waals surface area (Å²) in [5.74, 6) is -0.216. The molecule has 3 nitrogen and oxygen atoms in total. The van der Waals surface area contributed by atoms with Crippen molar-refractivity contribution in [2.75, 3.05) is 0 Å². The van der Waals surface area contributed by atoms with Crippen LogP contribution in [0.2, 0.25) is 5.15 Å². The second kappa shape index (κ2) is 4.24. The topological polar surface area (TPSA) is 44.0 Å². The highest BCUT2D eigenvalue weighted by atomic mass is 35.5. The van der Waals surface area contributed by atoms with Crippen molar-refractivity contribution in [1.29, 1.82) is 0 Å². The number of Topliss-reactive ketones (excluding diaryl/α,β-unsaturated/α-hetero) is 1. The van der Waals surface area contributed by atoms with Gasteiger partial charge in [-0.3, -0.25) is 4.79 Å². The molecule has 0 aromatic carbocycles. The van der Waals surface area contributed by atoms with E-state index in [1.807, 2.05) is 0 Å². The molecule has 0 saturated carbocycles. The molecule has 4 heteroatoms. The number of aromatic nitrogens is 1.